The summed E-state index contributed by atoms with van der Waals surface area (Å²) in [5.74, 6) is -9.58. The van der Waals surface area contributed by atoms with Crippen molar-refractivity contribution in [1.29, 1.82) is 0 Å². The van der Waals surface area contributed by atoms with Gasteiger partial charge in [0.15, 0.2) is 12.6 Å². The highest BCUT2D eigenvalue weighted by atomic mass is 19.1. The SMILES string of the molecule is CCC(=O)NCCNC(=O)/N=C(/N)NCCC[C@@H](NC(=O)C(c1ccccc1)c1cccc(OCCCCNC(=O)CONC(=O)CCNC(O)CN2CCN(CC(=O)O)CCN(CC(=O)O)CCN(CC(=O)O)CC2)c1)C(=O)NCc1c(F)cc(O)cc1F. The van der Waals surface area contributed by atoms with E-state index >= 15 is 0 Å². The lowest BCUT2D eigenvalue weighted by Crippen LogP contribution is -2.50. The Hall–Kier alpha value is -8.66. The van der Waals surface area contributed by atoms with Gasteiger partial charge in [0.05, 0.1) is 32.2 Å². The van der Waals surface area contributed by atoms with Gasteiger partial charge in [0.25, 0.3) is 0 Å². The van der Waals surface area contributed by atoms with Crippen LogP contribution >= 0.6 is 0 Å². The van der Waals surface area contributed by atoms with Crippen LogP contribution in [-0.4, -0.2) is 241 Å². The number of hydrogen-bond donors (Lipinski definition) is 14. The molecule has 0 bridgehead atoms. The van der Waals surface area contributed by atoms with Gasteiger partial charge in [-0.3, -0.25) is 68.1 Å². The maximum Gasteiger partial charge on any atom is 0.344 e. The van der Waals surface area contributed by atoms with E-state index in [1.165, 1.54) is 0 Å². The van der Waals surface area contributed by atoms with Gasteiger partial charge in [-0.25, -0.2) is 19.1 Å². The van der Waals surface area contributed by atoms with Crippen LogP contribution < -0.4 is 53.2 Å². The highest BCUT2D eigenvalue weighted by Crippen LogP contribution is 2.29. The number of aromatic hydroxyl groups is 1. The van der Waals surface area contributed by atoms with Gasteiger partial charge in [-0.2, -0.15) is 4.99 Å². The molecule has 2 unspecified atom stereocenters. The van der Waals surface area contributed by atoms with E-state index in [0.717, 1.165) is 0 Å². The lowest BCUT2D eigenvalue weighted by Gasteiger charge is -2.33. The third kappa shape index (κ3) is 30.0. The van der Waals surface area contributed by atoms with Crippen molar-refractivity contribution in [3.8, 4) is 11.5 Å². The Morgan fingerprint density at radius 2 is 1.20 bits per heavy atom. The number of halogens is 2. The van der Waals surface area contributed by atoms with Gasteiger partial charge in [-0.1, -0.05) is 49.4 Å². The number of nitrogens with one attached hydrogen (secondary N) is 8. The van der Waals surface area contributed by atoms with E-state index in [0.29, 0.717) is 54.9 Å². The Morgan fingerprint density at radius 3 is 1.80 bits per heavy atom. The summed E-state index contributed by atoms with van der Waals surface area (Å²) in [5, 5.41) is 67.4. The number of amides is 7. The highest BCUT2D eigenvalue weighted by Gasteiger charge is 2.29. The van der Waals surface area contributed by atoms with Crippen LogP contribution in [0.25, 0.3) is 0 Å². The molecule has 0 aliphatic carbocycles. The normalized spacial score (nSPS) is 14.9. The number of ether oxygens (including phenoxy) is 1. The number of nitrogens with two attached hydrogens (primary N) is 1. The summed E-state index contributed by atoms with van der Waals surface area (Å²) in [6.45, 7) is 2.59. The fraction of sp³-hybridized carbons (Fsp3) is 0.517. The van der Waals surface area contributed by atoms with Crippen LogP contribution in [0.15, 0.2) is 71.7 Å². The first-order valence-electron chi connectivity index (χ1n) is 29.4. The second-order valence-electron chi connectivity index (χ2n) is 20.8. The second-order valence-corrected chi connectivity index (χ2v) is 20.8. The molecule has 15 N–H and O–H groups in total. The number of carbonyl (C=O) groups is 9. The summed E-state index contributed by atoms with van der Waals surface area (Å²) in [6, 6.07) is 14.8. The van der Waals surface area contributed by atoms with Gasteiger partial charge in [0, 0.05) is 129 Å². The minimum absolute atomic E-state index is 0.00681. The zero-order valence-corrected chi connectivity index (χ0v) is 50.3. The van der Waals surface area contributed by atoms with Crippen molar-refractivity contribution < 1.29 is 87.0 Å². The van der Waals surface area contributed by atoms with Gasteiger partial charge < -0.3 is 67.9 Å². The van der Waals surface area contributed by atoms with Crippen LogP contribution in [0.3, 0.4) is 0 Å². The molecule has 0 aromatic heterocycles. The third-order valence-electron chi connectivity index (χ3n) is 13.7. The first kappa shape index (κ1) is 73.8. The van der Waals surface area contributed by atoms with Crippen LogP contribution in [0.2, 0.25) is 0 Å². The number of hydroxylamine groups is 1. The standard InChI is InChI=1S/C58H84F2N14O16/c1-2-47(76)64-19-20-66-58(88)69-57(61)65-17-9-14-46(55(86)67-33-43-44(59)31-41(75)32-45(43)60)68-56(87)54(39-10-4-3-5-11-39)40-12-8-13-42(30-40)89-29-7-6-16-62-50(79)38-90-70-48(77)15-18-63-49(78)34-71-21-23-72(35-51(80)81)25-27-74(37-53(84)85)28-26-73(24-22-71)36-52(82)83/h3-5,8,10-13,30-32,46,49,54,63,75,78H,2,6-7,9,14-29,33-38H2,1H3,(H,62,79)(H,64,76)(H,67,86)(H,68,87)(H,70,77)(H,80,81)(H,82,83)(H,84,85)(H4,61,65,66,69,88)/t46-,49?,54?/m1/s1. The fourth-order valence-electron chi connectivity index (χ4n) is 9.11. The number of rotatable bonds is 36. The first-order chi connectivity index (χ1) is 43.1. The molecule has 0 saturated carbocycles. The summed E-state index contributed by atoms with van der Waals surface area (Å²) in [5.41, 5.74) is 8.59. The van der Waals surface area contributed by atoms with Gasteiger partial charge in [0.2, 0.25) is 29.5 Å². The van der Waals surface area contributed by atoms with Crippen LogP contribution in [0.1, 0.15) is 68.1 Å². The molecule has 3 aromatic rings. The van der Waals surface area contributed by atoms with Gasteiger partial charge >= 0.3 is 23.9 Å². The number of carboxylic acids is 3. The molecule has 30 nitrogen and oxygen atoms in total. The molecule has 4 rings (SSSR count). The number of guanidine groups is 1. The molecule has 1 aliphatic rings. The predicted molar refractivity (Wildman–Crippen MR) is 321 cm³/mol. The van der Waals surface area contributed by atoms with E-state index in [4.69, 9.17) is 15.3 Å². The quantitative estimate of drug-likeness (QED) is 0.0105. The lowest BCUT2D eigenvalue weighted by atomic mass is 9.90. The average molecular weight is 1270 g/mol. The van der Waals surface area contributed by atoms with Crippen molar-refractivity contribution >= 4 is 59.4 Å². The Morgan fingerprint density at radius 1 is 0.633 bits per heavy atom. The Labute approximate surface area is 519 Å². The van der Waals surface area contributed by atoms with Crippen LogP contribution in [0.4, 0.5) is 13.6 Å². The molecule has 496 valence electrons. The molecular formula is C58H84F2N14O16. The number of β-amino-alcohol motifs (C(OH)–C–C–N with tert-alkyl or cyclic N) is 1. The lowest BCUT2D eigenvalue weighted by molar-refractivity contribution is -0.140. The van der Waals surface area contributed by atoms with Crippen molar-refractivity contribution in [1.82, 2.24) is 62.3 Å². The van der Waals surface area contributed by atoms with E-state index in [1.54, 1.807) is 76.2 Å². The van der Waals surface area contributed by atoms with Crippen LogP contribution in [0.5, 0.6) is 11.5 Å². The number of urea groups is 1. The predicted octanol–water partition coefficient (Wildman–Crippen LogP) is -1.38. The molecule has 1 saturated heterocycles. The zero-order valence-electron chi connectivity index (χ0n) is 50.3. The van der Waals surface area contributed by atoms with E-state index in [9.17, 15) is 77.5 Å². The Kier molecular flexibility index (Phi) is 33.5. The summed E-state index contributed by atoms with van der Waals surface area (Å²) in [4.78, 5) is 127. The highest BCUT2D eigenvalue weighted by molar-refractivity contribution is 5.93. The summed E-state index contributed by atoms with van der Waals surface area (Å²) in [6.07, 6.45) is 0.0898. The van der Waals surface area contributed by atoms with E-state index in [2.05, 4.69) is 47.7 Å². The number of aliphatic carboxylic acids is 3. The number of aliphatic hydroxyl groups excluding tert-OH is 1. The number of hydrogen-bond acceptors (Lipinski definition) is 18. The smallest absolute Gasteiger partial charge is 0.344 e. The monoisotopic (exact) mass is 1270 g/mol. The molecule has 1 heterocycles. The number of aliphatic imine (C=N–C) groups is 1. The maximum absolute atomic E-state index is 14.7. The van der Waals surface area contributed by atoms with E-state index in [1.807, 2.05) is 4.90 Å². The average Bonchev–Trinajstić information content (AvgIpc) is 2.08. The van der Waals surface area contributed by atoms with Gasteiger partial charge in [0.1, 0.15) is 35.4 Å². The molecule has 90 heavy (non-hydrogen) atoms. The summed E-state index contributed by atoms with van der Waals surface area (Å²) < 4.78 is 35.3. The van der Waals surface area contributed by atoms with E-state index < -0.39 is 102 Å². The van der Waals surface area contributed by atoms with Crippen molar-refractivity contribution in [3.05, 3.63) is 95.1 Å². The van der Waals surface area contributed by atoms with Crippen LogP contribution in [-0.2, 0) is 49.7 Å². The Balaban J connectivity index is 1.24. The zero-order chi connectivity index (χ0) is 65.8. The van der Waals surface area contributed by atoms with E-state index in [-0.39, 0.29) is 142 Å². The largest absolute Gasteiger partial charge is 0.508 e. The van der Waals surface area contributed by atoms with Crippen molar-refractivity contribution in [3.63, 3.8) is 0 Å². The molecular weight excluding hydrogens is 1190 g/mol. The third-order valence-corrected chi connectivity index (χ3v) is 13.7. The maximum atomic E-state index is 14.7. The summed E-state index contributed by atoms with van der Waals surface area (Å²) >= 11 is 0. The minimum atomic E-state index is -1.27. The number of carbonyl (C=O) groups excluding carboxylic acids is 6. The van der Waals surface area contributed by atoms with Gasteiger partial charge in [-0.05, 0) is 48.9 Å². The van der Waals surface area contributed by atoms with Gasteiger partial charge in [-0.15, -0.1) is 0 Å². The molecule has 1 aliphatic heterocycles. The minimum Gasteiger partial charge on any atom is -0.508 e. The molecule has 7 amide bonds. The van der Waals surface area contributed by atoms with Crippen molar-refractivity contribution in [2.24, 2.45) is 10.7 Å². The fourth-order valence-corrected chi connectivity index (χ4v) is 9.11. The molecule has 3 aromatic carbocycles. The summed E-state index contributed by atoms with van der Waals surface area (Å²) in [7, 11) is 0. The number of unbranched alkanes of at least 4 members (excludes halogenated alkanes) is 1. The van der Waals surface area contributed by atoms with Crippen LogP contribution in [0, 0.1) is 11.6 Å². The van der Waals surface area contributed by atoms with Crippen molar-refractivity contribution in [2.75, 3.05) is 124 Å². The Bertz CT molecular complexity index is 2790. The first-order valence-corrected chi connectivity index (χ1v) is 29.4. The molecule has 3 atom stereocenters. The van der Waals surface area contributed by atoms with Crippen molar-refractivity contribution in [2.45, 2.75) is 70.2 Å². The second kappa shape index (κ2) is 40.8. The number of carboxylic acid groups (broad SMARTS) is 3. The number of aliphatic hydroxyl groups is 1. The molecule has 0 spiro atoms. The molecule has 32 heteroatoms. The number of nitrogens with zero attached hydrogens (tertiary/aromatic N) is 5. The number of benzene rings is 3. The number of phenols is 1. The number of phenolic OH excluding ortho intramolecular Hbond substituents is 1. The topological polar surface area (TPSA) is 421 Å². The molecule has 1 fully saturated rings. The molecule has 0 radical (unpaired) electrons.